The molecule has 0 saturated heterocycles. The van der Waals surface area contributed by atoms with Crippen molar-refractivity contribution < 1.29 is 33.7 Å². The number of hydrogen-bond donors (Lipinski definition) is 2. The van der Waals surface area contributed by atoms with Crippen molar-refractivity contribution in [2.75, 3.05) is 19.8 Å². The van der Waals surface area contributed by atoms with Gasteiger partial charge in [-0.3, -0.25) is 4.79 Å². The number of para-hydroxylation sites is 1. The summed E-state index contributed by atoms with van der Waals surface area (Å²) in [5, 5.41) is 11.6. The van der Waals surface area contributed by atoms with Gasteiger partial charge < -0.3 is 24.6 Å². The second-order valence-corrected chi connectivity index (χ2v) is 6.67. The molecule has 8 heteroatoms. The zero-order chi connectivity index (χ0) is 22.5. The average molecular weight is 429 g/mol. The smallest absolute Gasteiger partial charge is 0.408 e. The van der Waals surface area contributed by atoms with E-state index in [1.165, 1.54) is 0 Å². The highest BCUT2D eigenvalue weighted by molar-refractivity contribution is 6.00. The Hall–Kier alpha value is -3.39. The standard InChI is InChI=1S/C23H27NO7/c1-2-3-13-29-21-12-8-7-11-18(21)20(26)16-30-22(27)19(14-25)24-23(28)31-15-17-9-5-4-6-10-17/h4-12,19,25H,2-3,13-16H2,1H3,(H,24,28)/t19-/m0/s1. The number of benzene rings is 2. The zero-order valence-corrected chi connectivity index (χ0v) is 17.4. The first-order valence-electron chi connectivity index (χ1n) is 10.0. The van der Waals surface area contributed by atoms with Crippen LogP contribution in [0.3, 0.4) is 0 Å². The maximum Gasteiger partial charge on any atom is 0.408 e. The van der Waals surface area contributed by atoms with Gasteiger partial charge >= 0.3 is 12.1 Å². The molecule has 0 heterocycles. The summed E-state index contributed by atoms with van der Waals surface area (Å²) in [4.78, 5) is 36.5. The van der Waals surface area contributed by atoms with Crippen LogP contribution >= 0.6 is 0 Å². The molecule has 0 radical (unpaired) electrons. The lowest BCUT2D eigenvalue weighted by Crippen LogP contribution is -2.45. The van der Waals surface area contributed by atoms with Gasteiger partial charge in [0.05, 0.1) is 18.8 Å². The number of ether oxygens (including phenoxy) is 3. The molecule has 0 saturated carbocycles. The summed E-state index contributed by atoms with van der Waals surface area (Å²) in [6.07, 6.45) is 0.916. The molecule has 8 nitrogen and oxygen atoms in total. The second kappa shape index (κ2) is 13.0. The molecule has 0 fully saturated rings. The maximum atomic E-state index is 12.5. The highest BCUT2D eigenvalue weighted by Gasteiger charge is 2.24. The molecule has 0 spiro atoms. The van der Waals surface area contributed by atoms with Crippen LogP contribution < -0.4 is 10.1 Å². The van der Waals surface area contributed by atoms with E-state index in [2.05, 4.69) is 5.32 Å². The Morgan fingerprint density at radius 2 is 1.71 bits per heavy atom. The highest BCUT2D eigenvalue weighted by atomic mass is 16.6. The van der Waals surface area contributed by atoms with E-state index in [1.54, 1.807) is 48.5 Å². The molecule has 0 aliphatic carbocycles. The summed E-state index contributed by atoms with van der Waals surface area (Å²) >= 11 is 0. The molecular formula is C23H27NO7. The summed E-state index contributed by atoms with van der Waals surface area (Å²) in [6.45, 7) is 1.26. The zero-order valence-electron chi connectivity index (χ0n) is 17.4. The fraction of sp³-hybridized carbons (Fsp3) is 0.348. The fourth-order valence-corrected chi connectivity index (χ4v) is 2.55. The quantitative estimate of drug-likeness (QED) is 0.303. The van der Waals surface area contributed by atoms with Crippen LogP contribution in [0.4, 0.5) is 4.79 Å². The Kier molecular flexibility index (Phi) is 10.0. The molecule has 2 aromatic rings. The van der Waals surface area contributed by atoms with Crippen LogP contribution in [0.15, 0.2) is 54.6 Å². The number of carbonyl (C=O) groups is 3. The van der Waals surface area contributed by atoms with Crippen LogP contribution in [-0.4, -0.2) is 48.8 Å². The number of rotatable bonds is 12. The number of carbonyl (C=O) groups excluding carboxylic acids is 3. The van der Waals surface area contributed by atoms with Crippen molar-refractivity contribution in [3.8, 4) is 5.75 Å². The van der Waals surface area contributed by atoms with Crippen molar-refractivity contribution in [3.05, 3.63) is 65.7 Å². The number of alkyl carbamates (subject to hydrolysis) is 1. The molecule has 0 aliphatic heterocycles. The van der Waals surface area contributed by atoms with E-state index < -0.39 is 37.1 Å². The van der Waals surface area contributed by atoms with Gasteiger partial charge in [0.15, 0.2) is 12.6 Å². The maximum absolute atomic E-state index is 12.5. The van der Waals surface area contributed by atoms with Crippen molar-refractivity contribution >= 4 is 17.8 Å². The third-order valence-corrected chi connectivity index (χ3v) is 4.26. The number of nitrogens with one attached hydrogen (secondary N) is 1. The molecule has 0 unspecified atom stereocenters. The summed E-state index contributed by atoms with van der Waals surface area (Å²) < 4.78 is 15.6. The molecule has 166 valence electrons. The molecule has 2 N–H and O–H groups in total. The van der Waals surface area contributed by atoms with Gasteiger partial charge in [-0.2, -0.15) is 0 Å². The van der Waals surface area contributed by atoms with Crippen LogP contribution in [0.5, 0.6) is 5.75 Å². The van der Waals surface area contributed by atoms with Crippen LogP contribution in [0, 0.1) is 0 Å². The van der Waals surface area contributed by atoms with Crippen LogP contribution in [0.2, 0.25) is 0 Å². The van der Waals surface area contributed by atoms with Crippen molar-refractivity contribution in [2.45, 2.75) is 32.4 Å². The lowest BCUT2D eigenvalue weighted by Gasteiger charge is -2.16. The van der Waals surface area contributed by atoms with Gasteiger partial charge in [0.2, 0.25) is 5.78 Å². The predicted octanol–water partition coefficient (Wildman–Crippen LogP) is 2.88. The number of unbranched alkanes of at least 4 members (excludes halogenated alkanes) is 1. The van der Waals surface area contributed by atoms with Gasteiger partial charge in [-0.25, -0.2) is 9.59 Å². The molecule has 2 aromatic carbocycles. The number of esters is 1. The van der Waals surface area contributed by atoms with Crippen molar-refractivity contribution in [1.82, 2.24) is 5.32 Å². The molecule has 0 aromatic heterocycles. The van der Waals surface area contributed by atoms with Crippen molar-refractivity contribution in [1.29, 1.82) is 0 Å². The second-order valence-electron chi connectivity index (χ2n) is 6.67. The van der Waals surface area contributed by atoms with E-state index in [4.69, 9.17) is 14.2 Å². The number of aliphatic hydroxyl groups is 1. The van der Waals surface area contributed by atoms with Crippen LogP contribution in [0.25, 0.3) is 0 Å². The Balaban J connectivity index is 1.84. The number of Topliss-reactive ketones (excluding diaryl/α,β-unsaturated/α-hetero) is 1. The third kappa shape index (κ3) is 8.10. The number of ketones is 1. The summed E-state index contributed by atoms with van der Waals surface area (Å²) in [7, 11) is 0. The lowest BCUT2D eigenvalue weighted by atomic mass is 10.1. The topological polar surface area (TPSA) is 111 Å². The van der Waals surface area contributed by atoms with Gasteiger partial charge in [0.1, 0.15) is 12.4 Å². The molecule has 31 heavy (non-hydrogen) atoms. The van der Waals surface area contributed by atoms with Gasteiger partial charge in [-0.1, -0.05) is 55.8 Å². The normalized spacial score (nSPS) is 11.3. The van der Waals surface area contributed by atoms with E-state index in [0.717, 1.165) is 18.4 Å². The van der Waals surface area contributed by atoms with Gasteiger partial charge in [0, 0.05) is 0 Å². The van der Waals surface area contributed by atoms with E-state index in [-0.39, 0.29) is 6.61 Å². The first kappa shape index (κ1) is 23.9. The van der Waals surface area contributed by atoms with Crippen molar-refractivity contribution in [2.24, 2.45) is 0 Å². The third-order valence-electron chi connectivity index (χ3n) is 4.26. The van der Waals surface area contributed by atoms with E-state index in [1.807, 2.05) is 13.0 Å². The summed E-state index contributed by atoms with van der Waals surface area (Å²) in [5.74, 6) is -0.987. The van der Waals surface area contributed by atoms with Crippen LogP contribution in [-0.2, 0) is 20.9 Å². The molecule has 2 rings (SSSR count). The van der Waals surface area contributed by atoms with Gasteiger partial charge in [-0.05, 0) is 24.1 Å². The van der Waals surface area contributed by atoms with E-state index in [9.17, 15) is 19.5 Å². The number of aliphatic hydroxyl groups excluding tert-OH is 1. The SMILES string of the molecule is CCCCOc1ccccc1C(=O)COC(=O)[C@H](CO)NC(=O)OCc1ccccc1. The van der Waals surface area contributed by atoms with E-state index >= 15 is 0 Å². The number of amides is 1. The summed E-state index contributed by atoms with van der Waals surface area (Å²) in [5.41, 5.74) is 1.06. The molecule has 1 atom stereocenters. The average Bonchev–Trinajstić information content (AvgIpc) is 2.80. The first-order chi connectivity index (χ1) is 15.0. The van der Waals surface area contributed by atoms with Crippen LogP contribution in [0.1, 0.15) is 35.7 Å². The Morgan fingerprint density at radius 1 is 1.00 bits per heavy atom. The number of hydrogen-bond acceptors (Lipinski definition) is 7. The Morgan fingerprint density at radius 3 is 2.42 bits per heavy atom. The highest BCUT2D eigenvalue weighted by Crippen LogP contribution is 2.19. The lowest BCUT2D eigenvalue weighted by molar-refractivity contribution is -0.145. The van der Waals surface area contributed by atoms with Crippen molar-refractivity contribution in [3.63, 3.8) is 0 Å². The fourth-order valence-electron chi connectivity index (χ4n) is 2.55. The minimum Gasteiger partial charge on any atom is -0.493 e. The molecule has 0 aliphatic rings. The van der Waals surface area contributed by atoms with Gasteiger partial charge in [-0.15, -0.1) is 0 Å². The Bertz CT molecular complexity index is 854. The monoisotopic (exact) mass is 429 g/mol. The molecule has 1 amide bonds. The Labute approximate surface area is 181 Å². The minimum absolute atomic E-state index is 0.00711. The first-order valence-corrected chi connectivity index (χ1v) is 10.0. The van der Waals surface area contributed by atoms with Gasteiger partial charge in [0.25, 0.3) is 0 Å². The minimum atomic E-state index is -1.35. The predicted molar refractivity (Wildman–Crippen MR) is 113 cm³/mol. The molecule has 0 bridgehead atoms. The summed E-state index contributed by atoms with van der Waals surface area (Å²) in [6, 6.07) is 14.3. The largest absolute Gasteiger partial charge is 0.493 e. The van der Waals surface area contributed by atoms with E-state index in [0.29, 0.717) is 17.9 Å². The molecular weight excluding hydrogens is 402 g/mol.